The number of urea groups is 1. The number of rotatable bonds is 20. The van der Waals surface area contributed by atoms with Crippen LogP contribution in [0.25, 0.3) is 0 Å². The topological polar surface area (TPSA) is 61.4 Å². The molecule has 31 heavy (non-hydrogen) atoms. The Kier molecular flexibility index (Phi) is 17.8. The molecule has 0 radical (unpaired) electrons. The van der Waals surface area contributed by atoms with E-state index >= 15 is 0 Å². The van der Waals surface area contributed by atoms with E-state index in [2.05, 4.69) is 17.6 Å². The van der Waals surface area contributed by atoms with Gasteiger partial charge in [0.15, 0.2) is 0 Å². The number of phenols is 1. The van der Waals surface area contributed by atoms with Gasteiger partial charge in [-0.1, -0.05) is 109 Å². The minimum absolute atomic E-state index is 0.0592. The molecule has 0 unspecified atom stereocenters. The molecule has 0 spiro atoms. The summed E-state index contributed by atoms with van der Waals surface area (Å²) in [4.78, 5) is 11.8. The summed E-state index contributed by atoms with van der Waals surface area (Å²) in [6, 6.07) is 7.19. The highest BCUT2D eigenvalue weighted by molar-refractivity contribution is 5.73. The Morgan fingerprint density at radius 3 is 1.55 bits per heavy atom. The summed E-state index contributed by atoms with van der Waals surface area (Å²) in [7, 11) is 0. The Bertz CT molecular complexity index is 531. The van der Waals surface area contributed by atoms with E-state index in [1.165, 1.54) is 95.5 Å². The van der Waals surface area contributed by atoms with Gasteiger partial charge in [-0.05, 0) is 37.0 Å². The van der Waals surface area contributed by atoms with E-state index in [1.54, 1.807) is 12.1 Å². The first-order valence-electron chi connectivity index (χ1n) is 13.0. The molecule has 0 aromatic heterocycles. The third-order valence-corrected chi connectivity index (χ3v) is 5.93. The van der Waals surface area contributed by atoms with Gasteiger partial charge in [-0.2, -0.15) is 0 Å². The molecule has 3 N–H and O–H groups in total. The van der Waals surface area contributed by atoms with Gasteiger partial charge in [0.1, 0.15) is 5.75 Å². The van der Waals surface area contributed by atoms with Crippen LogP contribution in [0.4, 0.5) is 4.79 Å². The Balaban J connectivity index is 1.76. The molecule has 0 atom stereocenters. The fraction of sp³-hybridized carbons (Fsp3) is 0.741. The van der Waals surface area contributed by atoms with Gasteiger partial charge in [0, 0.05) is 13.1 Å². The summed E-state index contributed by atoms with van der Waals surface area (Å²) in [6.45, 7) is 3.72. The first-order valence-corrected chi connectivity index (χ1v) is 13.0. The van der Waals surface area contributed by atoms with Gasteiger partial charge in [-0.3, -0.25) is 0 Å². The lowest BCUT2D eigenvalue weighted by Crippen LogP contribution is -2.36. The minimum Gasteiger partial charge on any atom is -0.508 e. The van der Waals surface area contributed by atoms with E-state index in [1.807, 2.05) is 12.1 Å². The van der Waals surface area contributed by atoms with Crippen molar-refractivity contribution in [2.45, 2.75) is 116 Å². The summed E-state index contributed by atoms with van der Waals surface area (Å²) in [5, 5.41) is 15.1. The molecule has 0 saturated heterocycles. The third-order valence-electron chi connectivity index (χ3n) is 5.93. The Morgan fingerprint density at radius 1 is 0.645 bits per heavy atom. The van der Waals surface area contributed by atoms with Crippen molar-refractivity contribution in [2.24, 2.45) is 0 Å². The van der Waals surface area contributed by atoms with E-state index in [-0.39, 0.29) is 6.03 Å². The third kappa shape index (κ3) is 17.6. The van der Waals surface area contributed by atoms with Crippen molar-refractivity contribution in [2.75, 3.05) is 13.1 Å². The van der Waals surface area contributed by atoms with Crippen molar-refractivity contribution in [3.63, 3.8) is 0 Å². The van der Waals surface area contributed by atoms with Gasteiger partial charge in [0.25, 0.3) is 0 Å². The molecule has 178 valence electrons. The van der Waals surface area contributed by atoms with Crippen LogP contribution in [0.3, 0.4) is 0 Å². The lowest BCUT2D eigenvalue weighted by atomic mass is 10.0. The zero-order valence-electron chi connectivity index (χ0n) is 20.1. The Labute approximate surface area is 191 Å². The van der Waals surface area contributed by atoms with E-state index in [0.717, 1.165) is 25.8 Å². The van der Waals surface area contributed by atoms with Crippen LogP contribution in [0, 0.1) is 0 Å². The van der Waals surface area contributed by atoms with Gasteiger partial charge in [-0.15, -0.1) is 0 Å². The van der Waals surface area contributed by atoms with Crippen LogP contribution >= 0.6 is 0 Å². The molecule has 1 aromatic rings. The fourth-order valence-electron chi connectivity index (χ4n) is 3.92. The largest absolute Gasteiger partial charge is 0.508 e. The molecule has 2 amide bonds. The highest BCUT2D eigenvalue weighted by atomic mass is 16.3. The number of carbonyl (C=O) groups excluding carboxylic acids is 1. The van der Waals surface area contributed by atoms with Crippen molar-refractivity contribution in [1.29, 1.82) is 0 Å². The smallest absolute Gasteiger partial charge is 0.314 e. The van der Waals surface area contributed by atoms with Crippen LogP contribution in [-0.2, 0) is 6.42 Å². The quantitative estimate of drug-likeness (QED) is 0.187. The Hall–Kier alpha value is -1.71. The van der Waals surface area contributed by atoms with Crippen LogP contribution in [0.5, 0.6) is 5.75 Å². The molecule has 0 bridgehead atoms. The summed E-state index contributed by atoms with van der Waals surface area (Å²) >= 11 is 0. The average molecular weight is 433 g/mol. The van der Waals surface area contributed by atoms with Crippen LogP contribution in [0.2, 0.25) is 0 Å². The molecule has 0 saturated carbocycles. The zero-order valence-corrected chi connectivity index (χ0v) is 20.1. The molecule has 0 fully saturated rings. The van der Waals surface area contributed by atoms with Crippen molar-refractivity contribution < 1.29 is 9.90 Å². The second kappa shape index (κ2) is 20.2. The molecule has 0 aliphatic heterocycles. The number of amides is 2. The first kappa shape index (κ1) is 27.3. The van der Waals surface area contributed by atoms with Gasteiger partial charge < -0.3 is 15.7 Å². The van der Waals surface area contributed by atoms with Crippen molar-refractivity contribution in [3.8, 4) is 5.75 Å². The number of unbranched alkanes of at least 4 members (excludes halogenated alkanes) is 14. The molecule has 4 heteroatoms. The summed E-state index contributed by atoms with van der Waals surface area (Å²) in [5.74, 6) is 0.292. The number of hydrogen-bond acceptors (Lipinski definition) is 2. The lowest BCUT2D eigenvalue weighted by Gasteiger charge is -2.08. The monoisotopic (exact) mass is 432 g/mol. The number of hydrogen-bond donors (Lipinski definition) is 3. The van der Waals surface area contributed by atoms with Crippen LogP contribution < -0.4 is 10.6 Å². The molecular weight excluding hydrogens is 384 g/mol. The SMILES string of the molecule is CCCCCCCCCCCCCCCCCNC(=O)NCCCc1ccc(O)cc1. The molecule has 0 aliphatic rings. The highest BCUT2D eigenvalue weighted by Gasteiger charge is 2.00. The van der Waals surface area contributed by atoms with E-state index in [0.29, 0.717) is 12.3 Å². The van der Waals surface area contributed by atoms with E-state index in [4.69, 9.17) is 0 Å². The second-order valence-corrected chi connectivity index (χ2v) is 8.90. The van der Waals surface area contributed by atoms with Crippen molar-refractivity contribution in [1.82, 2.24) is 10.6 Å². The zero-order chi connectivity index (χ0) is 22.4. The summed E-state index contributed by atoms with van der Waals surface area (Å²) in [6.07, 6.45) is 22.2. The van der Waals surface area contributed by atoms with Gasteiger partial charge in [0.2, 0.25) is 0 Å². The number of aromatic hydroxyl groups is 1. The van der Waals surface area contributed by atoms with Crippen LogP contribution in [0.1, 0.15) is 115 Å². The maximum atomic E-state index is 11.8. The molecule has 0 heterocycles. The normalized spacial score (nSPS) is 10.9. The predicted molar refractivity (Wildman–Crippen MR) is 133 cm³/mol. The summed E-state index contributed by atoms with van der Waals surface area (Å²) < 4.78 is 0. The number of carbonyl (C=O) groups is 1. The number of benzene rings is 1. The lowest BCUT2D eigenvalue weighted by molar-refractivity contribution is 0.240. The summed E-state index contributed by atoms with van der Waals surface area (Å²) in [5.41, 5.74) is 1.18. The van der Waals surface area contributed by atoms with E-state index in [9.17, 15) is 9.90 Å². The maximum Gasteiger partial charge on any atom is 0.314 e. The number of phenolic OH excluding ortho intramolecular Hbond substituents is 1. The highest BCUT2D eigenvalue weighted by Crippen LogP contribution is 2.13. The molecule has 1 rings (SSSR count). The standard InChI is InChI=1S/C27H48N2O2/c1-2-3-4-5-6-7-8-9-10-11-12-13-14-15-16-23-28-27(31)29-24-17-18-25-19-21-26(30)22-20-25/h19-22,30H,2-18,23-24H2,1H3,(H2,28,29,31). The minimum atomic E-state index is -0.0592. The average Bonchev–Trinajstić information content (AvgIpc) is 2.77. The van der Waals surface area contributed by atoms with Crippen molar-refractivity contribution in [3.05, 3.63) is 29.8 Å². The van der Waals surface area contributed by atoms with Crippen LogP contribution in [0.15, 0.2) is 24.3 Å². The van der Waals surface area contributed by atoms with Gasteiger partial charge in [0.05, 0.1) is 0 Å². The maximum absolute atomic E-state index is 11.8. The van der Waals surface area contributed by atoms with E-state index < -0.39 is 0 Å². The molecular formula is C27H48N2O2. The van der Waals surface area contributed by atoms with Crippen LogP contribution in [-0.4, -0.2) is 24.2 Å². The van der Waals surface area contributed by atoms with Crippen molar-refractivity contribution >= 4 is 6.03 Å². The first-order chi connectivity index (χ1) is 15.2. The fourth-order valence-corrected chi connectivity index (χ4v) is 3.92. The molecule has 0 aliphatic carbocycles. The predicted octanol–water partition coefficient (Wildman–Crippen LogP) is 7.50. The Morgan fingerprint density at radius 2 is 1.06 bits per heavy atom. The molecule has 4 nitrogen and oxygen atoms in total. The number of aryl methyl sites for hydroxylation is 1. The molecule has 1 aromatic carbocycles. The van der Waals surface area contributed by atoms with Gasteiger partial charge in [-0.25, -0.2) is 4.79 Å². The second-order valence-electron chi connectivity index (χ2n) is 8.90. The van der Waals surface area contributed by atoms with Gasteiger partial charge >= 0.3 is 6.03 Å². The number of nitrogens with one attached hydrogen (secondary N) is 2.